The summed E-state index contributed by atoms with van der Waals surface area (Å²) in [6.07, 6.45) is 2.86. The molecule has 0 atom stereocenters. The molecule has 0 fully saturated rings. The molecule has 0 radical (unpaired) electrons. The Hall–Kier alpha value is -1.88. The van der Waals surface area contributed by atoms with Crippen LogP contribution in [0.25, 0.3) is 0 Å². The maximum absolute atomic E-state index is 11.9. The molecule has 1 rings (SSSR count). The molecule has 0 aliphatic carbocycles. The summed E-state index contributed by atoms with van der Waals surface area (Å²) in [6.45, 7) is 2.03. The molecule has 0 bridgehead atoms. The van der Waals surface area contributed by atoms with Gasteiger partial charge in [0.2, 0.25) is 5.91 Å². The molecule has 5 nitrogen and oxygen atoms in total. The first-order chi connectivity index (χ1) is 8.57. The molecule has 5 heteroatoms. The van der Waals surface area contributed by atoms with Crippen molar-refractivity contribution in [3.63, 3.8) is 0 Å². The van der Waals surface area contributed by atoms with E-state index in [2.05, 4.69) is 0 Å². The zero-order valence-corrected chi connectivity index (χ0v) is 10.4. The van der Waals surface area contributed by atoms with Gasteiger partial charge in [0.1, 0.15) is 5.75 Å². The number of carbonyl (C=O) groups is 2. The molecule has 0 aromatic heterocycles. The van der Waals surface area contributed by atoms with Crippen LogP contribution in [0.1, 0.15) is 43.0 Å². The summed E-state index contributed by atoms with van der Waals surface area (Å²) in [5.74, 6) is 4.17. The number of unbranched alkanes of at least 4 members (excludes halogenated alkanes) is 2. The summed E-state index contributed by atoms with van der Waals surface area (Å²) >= 11 is 0. The minimum absolute atomic E-state index is 0.0313. The quantitative estimate of drug-likeness (QED) is 0.361. The fourth-order valence-corrected chi connectivity index (χ4v) is 1.54. The molecule has 98 valence electrons. The smallest absolute Gasteiger partial charge is 0.278 e. The Morgan fingerprint density at radius 3 is 2.56 bits per heavy atom. The molecule has 0 heterocycles. The van der Waals surface area contributed by atoms with E-state index < -0.39 is 11.8 Å². The number of nitrogens with two attached hydrogens (primary N) is 1. The number of benzene rings is 1. The first-order valence-electron chi connectivity index (χ1n) is 5.98. The number of aromatic hydroxyl groups is 1. The van der Waals surface area contributed by atoms with Crippen LogP contribution >= 0.6 is 0 Å². The predicted octanol–water partition coefficient (Wildman–Crippen LogP) is 1.81. The number of hydrazine groups is 1. The Balaban J connectivity index is 2.67. The molecule has 3 N–H and O–H groups in total. The monoisotopic (exact) mass is 250 g/mol. The zero-order chi connectivity index (χ0) is 13.5. The third kappa shape index (κ3) is 3.56. The second-order valence-electron chi connectivity index (χ2n) is 4.04. The van der Waals surface area contributed by atoms with Crippen LogP contribution in [-0.2, 0) is 4.79 Å². The van der Waals surface area contributed by atoms with Crippen molar-refractivity contribution in [2.45, 2.75) is 32.6 Å². The minimum Gasteiger partial charge on any atom is -0.507 e. The van der Waals surface area contributed by atoms with Crippen LogP contribution in [0.4, 0.5) is 0 Å². The van der Waals surface area contributed by atoms with Crippen LogP contribution < -0.4 is 5.84 Å². The second kappa shape index (κ2) is 6.76. The van der Waals surface area contributed by atoms with Gasteiger partial charge in [0.05, 0.1) is 5.56 Å². The number of rotatable bonds is 5. The van der Waals surface area contributed by atoms with Crippen LogP contribution in [0.3, 0.4) is 0 Å². The molecular weight excluding hydrogens is 232 g/mol. The van der Waals surface area contributed by atoms with Crippen LogP contribution in [0.2, 0.25) is 0 Å². The van der Waals surface area contributed by atoms with Crippen LogP contribution in [0.15, 0.2) is 24.3 Å². The molecular formula is C13H18N2O3. The minimum atomic E-state index is -0.686. The van der Waals surface area contributed by atoms with Crippen molar-refractivity contribution < 1.29 is 14.7 Å². The van der Waals surface area contributed by atoms with Gasteiger partial charge in [0.15, 0.2) is 0 Å². The van der Waals surface area contributed by atoms with E-state index in [0.29, 0.717) is 11.4 Å². The molecule has 0 unspecified atom stereocenters. The van der Waals surface area contributed by atoms with Gasteiger partial charge < -0.3 is 5.11 Å². The molecule has 1 aromatic rings. The van der Waals surface area contributed by atoms with Crippen LogP contribution in [-0.4, -0.2) is 21.9 Å². The van der Waals surface area contributed by atoms with Gasteiger partial charge in [-0.25, -0.2) is 10.9 Å². The highest BCUT2D eigenvalue weighted by Gasteiger charge is 2.21. The maximum atomic E-state index is 11.9. The van der Waals surface area contributed by atoms with E-state index in [1.54, 1.807) is 12.1 Å². The van der Waals surface area contributed by atoms with Gasteiger partial charge >= 0.3 is 0 Å². The number of hydrogen-bond donors (Lipinski definition) is 2. The number of hydrogen-bond acceptors (Lipinski definition) is 4. The van der Waals surface area contributed by atoms with Crippen molar-refractivity contribution in [3.8, 4) is 5.75 Å². The highest BCUT2D eigenvalue weighted by Crippen LogP contribution is 2.17. The van der Waals surface area contributed by atoms with E-state index >= 15 is 0 Å². The normalized spacial score (nSPS) is 10.1. The van der Waals surface area contributed by atoms with E-state index in [9.17, 15) is 14.7 Å². The largest absolute Gasteiger partial charge is 0.507 e. The average molecular weight is 250 g/mol. The molecule has 2 amide bonds. The fraction of sp³-hybridized carbons (Fsp3) is 0.385. The first kappa shape index (κ1) is 14.2. The molecule has 18 heavy (non-hydrogen) atoms. The molecule has 0 saturated heterocycles. The van der Waals surface area contributed by atoms with Crippen LogP contribution in [0, 0.1) is 0 Å². The van der Waals surface area contributed by atoms with Crippen molar-refractivity contribution in [3.05, 3.63) is 29.8 Å². The van der Waals surface area contributed by atoms with Gasteiger partial charge in [0.25, 0.3) is 5.91 Å². The molecule has 1 aromatic carbocycles. The van der Waals surface area contributed by atoms with Crippen molar-refractivity contribution in [1.29, 1.82) is 0 Å². The van der Waals surface area contributed by atoms with Gasteiger partial charge in [-0.2, -0.15) is 0 Å². The van der Waals surface area contributed by atoms with E-state index in [4.69, 9.17) is 5.84 Å². The Kier molecular flexibility index (Phi) is 5.32. The average Bonchev–Trinajstić information content (AvgIpc) is 2.38. The van der Waals surface area contributed by atoms with Crippen molar-refractivity contribution >= 4 is 11.8 Å². The lowest BCUT2D eigenvalue weighted by atomic mass is 10.1. The summed E-state index contributed by atoms with van der Waals surface area (Å²) in [6, 6.07) is 6.00. The zero-order valence-electron chi connectivity index (χ0n) is 10.4. The summed E-state index contributed by atoms with van der Waals surface area (Å²) in [5.41, 5.74) is 0.0313. The standard InChI is InChI=1S/C13H18N2O3/c1-2-3-4-9-12(17)15(14)13(18)10-7-5-6-8-11(10)16/h5-8,16H,2-4,9,14H2,1H3. The highest BCUT2D eigenvalue weighted by atomic mass is 16.3. The number of para-hydroxylation sites is 1. The number of carbonyl (C=O) groups excluding carboxylic acids is 2. The number of amides is 2. The Morgan fingerprint density at radius 2 is 1.94 bits per heavy atom. The van der Waals surface area contributed by atoms with E-state index in [1.165, 1.54) is 12.1 Å². The van der Waals surface area contributed by atoms with Gasteiger partial charge in [-0.15, -0.1) is 0 Å². The Labute approximate surface area is 106 Å². The number of phenols is 1. The molecule has 0 aliphatic rings. The molecule has 0 spiro atoms. The first-order valence-corrected chi connectivity index (χ1v) is 5.98. The number of nitrogens with zero attached hydrogens (tertiary/aromatic N) is 1. The summed E-state index contributed by atoms with van der Waals surface area (Å²) < 4.78 is 0. The van der Waals surface area contributed by atoms with E-state index in [0.717, 1.165) is 12.8 Å². The number of phenolic OH excluding ortho intramolecular Hbond substituents is 1. The maximum Gasteiger partial charge on any atom is 0.278 e. The summed E-state index contributed by atoms with van der Waals surface area (Å²) in [5, 5.41) is 10.1. The Bertz CT molecular complexity index is 432. The van der Waals surface area contributed by atoms with Gasteiger partial charge in [-0.1, -0.05) is 31.9 Å². The van der Waals surface area contributed by atoms with Crippen molar-refractivity contribution in [2.75, 3.05) is 0 Å². The summed E-state index contributed by atoms with van der Waals surface area (Å²) in [7, 11) is 0. The Morgan fingerprint density at radius 1 is 1.28 bits per heavy atom. The second-order valence-corrected chi connectivity index (χ2v) is 4.04. The van der Waals surface area contributed by atoms with E-state index in [-0.39, 0.29) is 17.7 Å². The van der Waals surface area contributed by atoms with Crippen molar-refractivity contribution in [1.82, 2.24) is 5.01 Å². The van der Waals surface area contributed by atoms with Crippen molar-refractivity contribution in [2.24, 2.45) is 5.84 Å². The third-order valence-corrected chi connectivity index (χ3v) is 2.62. The van der Waals surface area contributed by atoms with E-state index in [1.807, 2.05) is 6.92 Å². The van der Waals surface area contributed by atoms with Gasteiger partial charge in [-0.05, 0) is 18.6 Å². The van der Waals surface area contributed by atoms with Gasteiger partial charge in [0, 0.05) is 6.42 Å². The highest BCUT2D eigenvalue weighted by molar-refractivity contribution is 6.05. The van der Waals surface area contributed by atoms with Crippen LogP contribution in [0.5, 0.6) is 5.75 Å². The predicted molar refractivity (Wildman–Crippen MR) is 67.6 cm³/mol. The third-order valence-electron chi connectivity index (χ3n) is 2.62. The molecule has 0 saturated carbocycles. The lowest BCUT2D eigenvalue weighted by molar-refractivity contribution is -0.128. The number of imide groups is 1. The lowest BCUT2D eigenvalue weighted by Crippen LogP contribution is -2.42. The molecule has 0 aliphatic heterocycles. The van der Waals surface area contributed by atoms with Gasteiger partial charge in [-0.3, -0.25) is 9.59 Å². The lowest BCUT2D eigenvalue weighted by Gasteiger charge is -2.15. The fourth-order valence-electron chi connectivity index (χ4n) is 1.54. The summed E-state index contributed by atoms with van der Waals surface area (Å²) in [4.78, 5) is 23.5. The SMILES string of the molecule is CCCCCC(=O)N(N)C(=O)c1ccccc1O. The topological polar surface area (TPSA) is 83.6 Å².